The molecule has 2 N–H and O–H groups in total. The predicted octanol–water partition coefficient (Wildman–Crippen LogP) is 3.92. The van der Waals surface area contributed by atoms with Crippen molar-refractivity contribution in [3.63, 3.8) is 0 Å². The maximum atomic E-state index is 4.57. The van der Waals surface area contributed by atoms with Crippen molar-refractivity contribution in [2.24, 2.45) is 0 Å². The molecular weight excluding hydrogens is 268 g/mol. The number of anilines is 2. The van der Waals surface area contributed by atoms with Crippen LogP contribution in [0.5, 0.6) is 0 Å². The molecule has 0 aliphatic heterocycles. The number of aromatic nitrogens is 2. The summed E-state index contributed by atoms with van der Waals surface area (Å²) >= 11 is 1.72. The summed E-state index contributed by atoms with van der Waals surface area (Å²) in [4.78, 5) is 9.12. The van der Waals surface area contributed by atoms with Crippen molar-refractivity contribution in [3.8, 4) is 0 Å². The van der Waals surface area contributed by atoms with Gasteiger partial charge in [-0.25, -0.2) is 9.97 Å². The molecule has 108 valence electrons. The predicted molar refractivity (Wildman–Crippen MR) is 86.5 cm³/mol. The van der Waals surface area contributed by atoms with Gasteiger partial charge in [-0.2, -0.15) is 11.3 Å². The second-order valence-electron chi connectivity index (χ2n) is 4.72. The van der Waals surface area contributed by atoms with Crippen molar-refractivity contribution in [2.75, 3.05) is 17.2 Å². The molecular formula is C15H22N4S. The lowest BCUT2D eigenvalue weighted by atomic mass is 10.3. The molecule has 0 unspecified atom stereocenters. The second-order valence-corrected chi connectivity index (χ2v) is 5.50. The lowest BCUT2D eigenvalue weighted by Crippen LogP contribution is -2.08. The highest BCUT2D eigenvalue weighted by atomic mass is 32.1. The van der Waals surface area contributed by atoms with E-state index in [1.807, 2.05) is 6.07 Å². The number of hydrogen-bond acceptors (Lipinski definition) is 5. The van der Waals surface area contributed by atoms with Gasteiger partial charge in [-0.15, -0.1) is 0 Å². The minimum atomic E-state index is 0.805. The van der Waals surface area contributed by atoms with Gasteiger partial charge in [0.15, 0.2) is 0 Å². The highest BCUT2D eigenvalue weighted by Crippen LogP contribution is 2.14. The Morgan fingerprint density at radius 1 is 1.10 bits per heavy atom. The molecule has 0 radical (unpaired) electrons. The number of nitrogens with zero attached hydrogens (tertiary/aromatic N) is 2. The number of rotatable bonds is 8. The fourth-order valence-electron chi connectivity index (χ4n) is 1.85. The maximum Gasteiger partial charge on any atom is 0.133 e. The van der Waals surface area contributed by atoms with Crippen molar-refractivity contribution in [1.29, 1.82) is 0 Å². The van der Waals surface area contributed by atoms with Gasteiger partial charge >= 0.3 is 0 Å². The first-order valence-corrected chi connectivity index (χ1v) is 8.13. The molecule has 0 aliphatic rings. The first-order valence-electron chi connectivity index (χ1n) is 7.18. The molecule has 0 aliphatic carbocycles. The Kier molecular flexibility index (Phi) is 5.80. The average molecular weight is 290 g/mol. The molecule has 0 atom stereocenters. The second kappa shape index (κ2) is 7.85. The van der Waals surface area contributed by atoms with Crippen molar-refractivity contribution < 1.29 is 0 Å². The summed E-state index contributed by atoms with van der Waals surface area (Å²) < 4.78 is 0. The van der Waals surface area contributed by atoms with Crippen LogP contribution in [-0.2, 0) is 13.0 Å². The third-order valence-electron chi connectivity index (χ3n) is 2.86. The van der Waals surface area contributed by atoms with Crippen LogP contribution >= 0.6 is 11.3 Å². The van der Waals surface area contributed by atoms with E-state index in [0.29, 0.717) is 0 Å². The van der Waals surface area contributed by atoms with Crippen molar-refractivity contribution in [3.05, 3.63) is 34.3 Å². The van der Waals surface area contributed by atoms with Gasteiger partial charge in [-0.3, -0.25) is 0 Å². The van der Waals surface area contributed by atoms with Gasteiger partial charge in [0.2, 0.25) is 0 Å². The summed E-state index contributed by atoms with van der Waals surface area (Å²) in [5.41, 5.74) is 1.29. The summed E-state index contributed by atoms with van der Waals surface area (Å²) in [6.07, 6.45) is 3.06. The smallest absolute Gasteiger partial charge is 0.133 e. The molecule has 0 aromatic carbocycles. The van der Waals surface area contributed by atoms with Gasteiger partial charge in [0, 0.05) is 25.6 Å². The van der Waals surface area contributed by atoms with E-state index >= 15 is 0 Å². The number of hydrogen-bond donors (Lipinski definition) is 2. The zero-order chi connectivity index (χ0) is 14.2. The first kappa shape index (κ1) is 14.8. The number of thiophene rings is 1. The van der Waals surface area contributed by atoms with Crippen molar-refractivity contribution in [1.82, 2.24) is 9.97 Å². The van der Waals surface area contributed by atoms with Crippen molar-refractivity contribution in [2.45, 2.75) is 39.7 Å². The van der Waals surface area contributed by atoms with E-state index in [0.717, 1.165) is 49.8 Å². The Morgan fingerprint density at radius 3 is 2.55 bits per heavy atom. The molecule has 0 amide bonds. The van der Waals surface area contributed by atoms with E-state index < -0.39 is 0 Å². The van der Waals surface area contributed by atoms with Gasteiger partial charge in [-0.1, -0.05) is 13.8 Å². The molecule has 2 heterocycles. The fraction of sp³-hybridized carbons (Fsp3) is 0.467. The molecule has 2 rings (SSSR count). The molecule has 0 bridgehead atoms. The largest absolute Gasteiger partial charge is 0.370 e. The minimum absolute atomic E-state index is 0.805. The van der Waals surface area contributed by atoms with E-state index in [9.17, 15) is 0 Å². The van der Waals surface area contributed by atoms with Crippen LogP contribution < -0.4 is 10.6 Å². The topological polar surface area (TPSA) is 49.8 Å². The summed E-state index contributed by atoms with van der Waals surface area (Å²) in [6.45, 7) is 6.04. The lowest BCUT2D eigenvalue weighted by molar-refractivity contribution is 0.831. The van der Waals surface area contributed by atoms with Crippen LogP contribution in [0.1, 0.15) is 38.1 Å². The van der Waals surface area contributed by atoms with E-state index in [4.69, 9.17) is 0 Å². The molecule has 0 spiro atoms. The summed E-state index contributed by atoms with van der Waals surface area (Å²) in [5, 5.41) is 11.0. The van der Waals surface area contributed by atoms with E-state index in [-0.39, 0.29) is 0 Å². The molecule has 5 heteroatoms. The van der Waals surface area contributed by atoms with Gasteiger partial charge in [0.1, 0.15) is 17.5 Å². The summed E-state index contributed by atoms with van der Waals surface area (Å²) in [6, 6.07) is 4.11. The molecule has 0 fully saturated rings. The zero-order valence-electron chi connectivity index (χ0n) is 12.1. The third kappa shape index (κ3) is 4.49. The van der Waals surface area contributed by atoms with Crippen LogP contribution in [0.3, 0.4) is 0 Å². The molecule has 20 heavy (non-hydrogen) atoms. The highest BCUT2D eigenvalue weighted by Gasteiger charge is 2.04. The van der Waals surface area contributed by atoms with Crippen LogP contribution in [0, 0.1) is 0 Å². The Bertz CT molecular complexity index is 511. The van der Waals surface area contributed by atoms with E-state index in [1.165, 1.54) is 5.56 Å². The Labute approximate surface area is 124 Å². The molecule has 2 aromatic rings. The minimum Gasteiger partial charge on any atom is -0.370 e. The monoisotopic (exact) mass is 290 g/mol. The first-order chi connectivity index (χ1) is 9.81. The van der Waals surface area contributed by atoms with Crippen LogP contribution in [0.2, 0.25) is 0 Å². The Hall–Kier alpha value is -1.62. The van der Waals surface area contributed by atoms with Crippen LogP contribution in [0.15, 0.2) is 22.9 Å². The van der Waals surface area contributed by atoms with Crippen LogP contribution in [0.4, 0.5) is 11.6 Å². The van der Waals surface area contributed by atoms with E-state index in [2.05, 4.69) is 51.3 Å². The lowest BCUT2D eigenvalue weighted by Gasteiger charge is -2.10. The average Bonchev–Trinajstić information content (AvgIpc) is 2.96. The fourth-order valence-corrected chi connectivity index (χ4v) is 2.52. The SMILES string of the molecule is CCCNc1cc(NCc2ccsc2)nc(CCC)n1. The Balaban J connectivity index is 2.06. The third-order valence-corrected chi connectivity index (χ3v) is 3.59. The van der Waals surface area contributed by atoms with Gasteiger partial charge in [0.05, 0.1) is 0 Å². The van der Waals surface area contributed by atoms with E-state index in [1.54, 1.807) is 11.3 Å². The highest BCUT2D eigenvalue weighted by molar-refractivity contribution is 7.07. The molecule has 4 nitrogen and oxygen atoms in total. The maximum absolute atomic E-state index is 4.57. The standard InChI is InChI=1S/C15H22N4S/c1-3-5-13-18-14(16-7-4-2)9-15(19-13)17-10-12-6-8-20-11-12/h6,8-9,11H,3-5,7,10H2,1-2H3,(H2,16,17,18,19). The quantitative estimate of drug-likeness (QED) is 0.773. The summed E-state index contributed by atoms with van der Waals surface area (Å²) in [7, 11) is 0. The van der Waals surface area contributed by atoms with Crippen molar-refractivity contribution >= 4 is 23.0 Å². The van der Waals surface area contributed by atoms with Gasteiger partial charge in [0.25, 0.3) is 0 Å². The molecule has 0 saturated heterocycles. The van der Waals surface area contributed by atoms with Crippen LogP contribution in [0.25, 0.3) is 0 Å². The molecule has 2 aromatic heterocycles. The number of nitrogens with one attached hydrogen (secondary N) is 2. The van der Waals surface area contributed by atoms with Gasteiger partial charge < -0.3 is 10.6 Å². The Morgan fingerprint density at radius 2 is 1.90 bits per heavy atom. The normalized spacial score (nSPS) is 10.5. The molecule has 0 saturated carbocycles. The summed E-state index contributed by atoms with van der Waals surface area (Å²) in [5.74, 6) is 2.72. The van der Waals surface area contributed by atoms with Crippen LogP contribution in [-0.4, -0.2) is 16.5 Å². The zero-order valence-corrected chi connectivity index (χ0v) is 13.0. The number of aryl methyl sites for hydroxylation is 1. The van der Waals surface area contributed by atoms with Gasteiger partial charge in [-0.05, 0) is 35.2 Å².